The van der Waals surface area contributed by atoms with Gasteiger partial charge in [-0.2, -0.15) is 0 Å². The monoisotopic (exact) mass is 321 g/mol. The molecule has 0 aromatic heterocycles. The van der Waals surface area contributed by atoms with Crippen molar-refractivity contribution < 1.29 is 24.5 Å². The molecule has 1 aromatic rings. The molecule has 1 fully saturated rings. The summed E-state index contributed by atoms with van der Waals surface area (Å²) in [5.41, 5.74) is 0.495. The van der Waals surface area contributed by atoms with Crippen LogP contribution in [0.15, 0.2) is 30.3 Å². The molecule has 1 heterocycles. The molecule has 0 spiro atoms. The van der Waals surface area contributed by atoms with Gasteiger partial charge in [-0.05, 0) is 25.3 Å². The number of rotatable bonds is 5. The number of hydrogen-bond acceptors (Lipinski definition) is 5. The second-order valence-electron chi connectivity index (χ2n) is 5.65. The Bertz CT molecular complexity index is 525. The van der Waals surface area contributed by atoms with E-state index >= 15 is 0 Å². The summed E-state index contributed by atoms with van der Waals surface area (Å²) < 4.78 is 4.99. The largest absolute Gasteiger partial charge is 0.466 e. The molecule has 6 nitrogen and oxygen atoms in total. The van der Waals surface area contributed by atoms with Gasteiger partial charge in [0, 0.05) is 13.1 Å². The molecule has 1 aliphatic heterocycles. The van der Waals surface area contributed by atoms with Crippen molar-refractivity contribution in [3.8, 4) is 0 Å². The zero-order valence-corrected chi connectivity index (χ0v) is 13.2. The van der Waals surface area contributed by atoms with E-state index in [2.05, 4.69) is 0 Å². The number of esters is 1. The number of piperidine rings is 1. The molecule has 0 bridgehead atoms. The number of carbonyl (C=O) groups is 2. The van der Waals surface area contributed by atoms with Crippen LogP contribution < -0.4 is 0 Å². The molecule has 2 N–H and O–H groups in total. The Kier molecular flexibility index (Phi) is 6.12. The van der Waals surface area contributed by atoms with Crippen LogP contribution in [0.1, 0.15) is 31.4 Å². The van der Waals surface area contributed by atoms with E-state index in [0.29, 0.717) is 38.1 Å². The highest BCUT2D eigenvalue weighted by Gasteiger charge is 2.33. The molecule has 6 heteroatoms. The normalized spacial score (nSPS) is 18.3. The van der Waals surface area contributed by atoms with Gasteiger partial charge in [-0.3, -0.25) is 9.59 Å². The van der Waals surface area contributed by atoms with Gasteiger partial charge in [-0.25, -0.2) is 0 Å². The SMILES string of the molecule is CCOC(=O)C1CCN(C(=O)[C@H](O)[C@@H](O)c2ccccc2)CC1. The molecule has 1 aliphatic rings. The van der Waals surface area contributed by atoms with E-state index < -0.39 is 18.1 Å². The minimum atomic E-state index is -1.50. The van der Waals surface area contributed by atoms with E-state index in [1.54, 1.807) is 37.3 Å². The molecule has 0 saturated carbocycles. The molecule has 0 aliphatic carbocycles. The molecular weight excluding hydrogens is 298 g/mol. The number of hydrogen-bond donors (Lipinski definition) is 2. The molecule has 2 rings (SSSR count). The molecule has 23 heavy (non-hydrogen) atoms. The third kappa shape index (κ3) is 4.30. The Labute approximate surface area is 135 Å². The summed E-state index contributed by atoms with van der Waals surface area (Å²) in [5, 5.41) is 20.2. The summed E-state index contributed by atoms with van der Waals surface area (Å²) in [6.45, 7) is 2.86. The van der Waals surface area contributed by atoms with Gasteiger partial charge >= 0.3 is 5.97 Å². The number of aliphatic hydroxyl groups is 2. The van der Waals surface area contributed by atoms with Crippen molar-refractivity contribution in [3.63, 3.8) is 0 Å². The minimum Gasteiger partial charge on any atom is -0.466 e. The third-order valence-corrected chi connectivity index (χ3v) is 4.12. The van der Waals surface area contributed by atoms with Gasteiger partial charge in [-0.1, -0.05) is 30.3 Å². The fraction of sp³-hybridized carbons (Fsp3) is 0.529. The van der Waals surface area contributed by atoms with Crippen LogP contribution in [-0.2, 0) is 14.3 Å². The first-order valence-electron chi connectivity index (χ1n) is 7.91. The zero-order chi connectivity index (χ0) is 16.8. The number of carbonyl (C=O) groups excluding carboxylic acids is 2. The topological polar surface area (TPSA) is 87.1 Å². The Balaban J connectivity index is 1.90. The van der Waals surface area contributed by atoms with Crippen molar-refractivity contribution >= 4 is 11.9 Å². The maximum atomic E-state index is 12.3. The van der Waals surface area contributed by atoms with Crippen LogP contribution >= 0.6 is 0 Å². The maximum Gasteiger partial charge on any atom is 0.309 e. The lowest BCUT2D eigenvalue weighted by Crippen LogP contribution is -2.46. The highest BCUT2D eigenvalue weighted by Crippen LogP contribution is 2.22. The van der Waals surface area contributed by atoms with E-state index in [-0.39, 0.29) is 11.9 Å². The lowest BCUT2D eigenvalue weighted by molar-refractivity contribution is -0.154. The third-order valence-electron chi connectivity index (χ3n) is 4.12. The predicted molar refractivity (Wildman–Crippen MR) is 83.3 cm³/mol. The fourth-order valence-corrected chi connectivity index (χ4v) is 2.75. The smallest absolute Gasteiger partial charge is 0.309 e. The lowest BCUT2D eigenvalue weighted by Gasteiger charge is -2.33. The van der Waals surface area contributed by atoms with Gasteiger partial charge in [0.25, 0.3) is 5.91 Å². The van der Waals surface area contributed by atoms with E-state index in [9.17, 15) is 19.8 Å². The minimum absolute atomic E-state index is 0.199. The second-order valence-corrected chi connectivity index (χ2v) is 5.65. The molecule has 1 aromatic carbocycles. The van der Waals surface area contributed by atoms with Crippen molar-refractivity contribution in [2.75, 3.05) is 19.7 Å². The van der Waals surface area contributed by atoms with E-state index in [1.807, 2.05) is 0 Å². The molecular formula is C17H23NO5. The molecule has 2 atom stereocenters. The van der Waals surface area contributed by atoms with Crippen molar-refractivity contribution in [1.29, 1.82) is 0 Å². The lowest BCUT2D eigenvalue weighted by atomic mass is 9.96. The first kappa shape index (κ1) is 17.4. The standard InChI is InChI=1S/C17H23NO5/c1-2-23-17(22)13-8-10-18(11-9-13)16(21)15(20)14(19)12-6-4-3-5-7-12/h3-7,13-15,19-20H,2,8-11H2,1H3/t14-,15+/m0/s1. The Morgan fingerprint density at radius 1 is 1.22 bits per heavy atom. The van der Waals surface area contributed by atoms with Crippen LogP contribution in [-0.4, -0.2) is 52.8 Å². The van der Waals surface area contributed by atoms with Gasteiger partial charge < -0.3 is 19.8 Å². The van der Waals surface area contributed by atoms with Gasteiger partial charge in [0.2, 0.25) is 0 Å². The Morgan fingerprint density at radius 3 is 2.39 bits per heavy atom. The Morgan fingerprint density at radius 2 is 1.83 bits per heavy atom. The van der Waals surface area contributed by atoms with Crippen molar-refractivity contribution in [2.24, 2.45) is 5.92 Å². The molecule has 126 valence electrons. The van der Waals surface area contributed by atoms with Crippen molar-refractivity contribution in [2.45, 2.75) is 32.0 Å². The van der Waals surface area contributed by atoms with Crippen LogP contribution in [0.3, 0.4) is 0 Å². The number of amides is 1. The number of aliphatic hydroxyl groups excluding tert-OH is 2. The first-order valence-corrected chi connectivity index (χ1v) is 7.91. The summed E-state index contributed by atoms with van der Waals surface area (Å²) in [4.78, 5) is 25.5. The molecule has 0 radical (unpaired) electrons. The van der Waals surface area contributed by atoms with Gasteiger partial charge in [0.1, 0.15) is 6.10 Å². The van der Waals surface area contributed by atoms with Gasteiger partial charge in [-0.15, -0.1) is 0 Å². The second kappa shape index (κ2) is 8.08. The number of ether oxygens (including phenoxy) is 1. The highest BCUT2D eigenvalue weighted by molar-refractivity contribution is 5.82. The predicted octanol–water partition coefficient (Wildman–Crippen LogP) is 0.883. The first-order chi connectivity index (χ1) is 11.0. The van der Waals surface area contributed by atoms with Crippen molar-refractivity contribution in [3.05, 3.63) is 35.9 Å². The van der Waals surface area contributed by atoms with E-state index in [0.717, 1.165) is 0 Å². The number of benzene rings is 1. The average molecular weight is 321 g/mol. The molecule has 1 amide bonds. The average Bonchev–Trinajstić information content (AvgIpc) is 2.61. The van der Waals surface area contributed by atoms with Gasteiger partial charge in [0.15, 0.2) is 6.10 Å². The highest BCUT2D eigenvalue weighted by atomic mass is 16.5. The zero-order valence-electron chi connectivity index (χ0n) is 13.2. The fourth-order valence-electron chi connectivity index (χ4n) is 2.75. The van der Waals surface area contributed by atoms with Crippen molar-refractivity contribution in [1.82, 2.24) is 4.90 Å². The summed E-state index contributed by atoms with van der Waals surface area (Å²) in [6.07, 6.45) is -1.74. The number of likely N-dealkylation sites (tertiary alicyclic amines) is 1. The molecule has 0 unspecified atom stereocenters. The molecule has 1 saturated heterocycles. The van der Waals surface area contributed by atoms with Crippen LogP contribution in [0.25, 0.3) is 0 Å². The van der Waals surface area contributed by atoms with E-state index in [4.69, 9.17) is 4.74 Å². The van der Waals surface area contributed by atoms with E-state index in [1.165, 1.54) is 4.90 Å². The van der Waals surface area contributed by atoms with Crippen LogP contribution in [0.4, 0.5) is 0 Å². The summed E-state index contributed by atoms with van der Waals surface area (Å²) >= 11 is 0. The Hall–Kier alpha value is -1.92. The number of nitrogens with zero attached hydrogens (tertiary/aromatic N) is 1. The van der Waals surface area contributed by atoms with Crippen LogP contribution in [0.2, 0.25) is 0 Å². The maximum absolute atomic E-state index is 12.3. The quantitative estimate of drug-likeness (QED) is 0.786. The summed E-state index contributed by atoms with van der Waals surface area (Å²) in [7, 11) is 0. The van der Waals surface area contributed by atoms with Crippen LogP contribution in [0, 0.1) is 5.92 Å². The van der Waals surface area contributed by atoms with Crippen LogP contribution in [0.5, 0.6) is 0 Å². The summed E-state index contributed by atoms with van der Waals surface area (Å²) in [5.74, 6) is -0.941. The van der Waals surface area contributed by atoms with Gasteiger partial charge in [0.05, 0.1) is 12.5 Å². The summed E-state index contributed by atoms with van der Waals surface area (Å²) in [6, 6.07) is 8.59.